The minimum absolute atomic E-state index is 0.229. The lowest BCUT2D eigenvalue weighted by atomic mass is 9.74. The van der Waals surface area contributed by atoms with Crippen LogP contribution in [0.2, 0.25) is 0 Å². The van der Waals surface area contributed by atoms with E-state index in [9.17, 15) is 9.90 Å². The first-order valence-electron chi connectivity index (χ1n) is 8.95. The summed E-state index contributed by atoms with van der Waals surface area (Å²) in [7, 11) is 2.01. The van der Waals surface area contributed by atoms with Crippen molar-refractivity contribution in [1.82, 2.24) is 5.32 Å². The van der Waals surface area contributed by atoms with Gasteiger partial charge in [0.2, 0.25) is 0 Å². The van der Waals surface area contributed by atoms with E-state index < -0.39 is 5.97 Å². The summed E-state index contributed by atoms with van der Waals surface area (Å²) in [6.07, 6.45) is 8.03. The molecule has 3 rings (SSSR count). The summed E-state index contributed by atoms with van der Waals surface area (Å²) in [5.41, 5.74) is 2.06. The summed E-state index contributed by atoms with van der Waals surface area (Å²) in [5.74, 6) is 0.310. The van der Waals surface area contributed by atoms with Crippen LogP contribution in [0, 0.1) is 11.3 Å². The van der Waals surface area contributed by atoms with Gasteiger partial charge in [-0.05, 0) is 68.5 Å². The van der Waals surface area contributed by atoms with Crippen molar-refractivity contribution in [3.63, 3.8) is 0 Å². The topological polar surface area (TPSA) is 49.3 Å². The molecule has 0 bridgehead atoms. The van der Waals surface area contributed by atoms with Gasteiger partial charge >= 0.3 is 5.97 Å². The molecule has 1 fully saturated rings. The lowest BCUT2D eigenvalue weighted by Gasteiger charge is -2.31. The van der Waals surface area contributed by atoms with E-state index in [0.717, 1.165) is 31.4 Å². The van der Waals surface area contributed by atoms with Crippen molar-refractivity contribution in [2.75, 3.05) is 13.6 Å². The molecule has 0 unspecified atom stereocenters. The number of carboxylic acids is 1. The molecule has 2 aliphatic rings. The van der Waals surface area contributed by atoms with Crippen molar-refractivity contribution >= 4 is 17.3 Å². The number of hydrogen-bond acceptors (Lipinski definition) is 3. The van der Waals surface area contributed by atoms with Crippen LogP contribution in [0.1, 0.15) is 77.5 Å². The Kier molecular flexibility index (Phi) is 4.84. The second-order valence-electron chi connectivity index (χ2n) is 8.10. The first-order chi connectivity index (χ1) is 10.9. The molecular weight excluding hydrogens is 306 g/mol. The highest BCUT2D eigenvalue weighted by Crippen LogP contribution is 2.48. The lowest BCUT2D eigenvalue weighted by Crippen LogP contribution is -2.28. The highest BCUT2D eigenvalue weighted by molar-refractivity contribution is 7.12. The first-order valence-corrected chi connectivity index (χ1v) is 9.77. The largest absolute Gasteiger partial charge is 0.478 e. The minimum atomic E-state index is -0.705. The van der Waals surface area contributed by atoms with Gasteiger partial charge in [-0.3, -0.25) is 0 Å². The van der Waals surface area contributed by atoms with Gasteiger partial charge in [-0.1, -0.05) is 26.7 Å². The van der Waals surface area contributed by atoms with Gasteiger partial charge in [-0.25, -0.2) is 4.79 Å². The second kappa shape index (κ2) is 6.56. The Morgan fingerprint density at radius 2 is 2.09 bits per heavy atom. The predicted octanol–water partition coefficient (Wildman–Crippen LogP) is 4.45. The minimum Gasteiger partial charge on any atom is -0.478 e. The Balaban J connectivity index is 2.02. The van der Waals surface area contributed by atoms with Crippen molar-refractivity contribution in [3.05, 3.63) is 20.9 Å². The third-order valence-corrected chi connectivity index (χ3v) is 7.15. The van der Waals surface area contributed by atoms with Crippen LogP contribution in [-0.2, 0) is 12.8 Å². The predicted molar refractivity (Wildman–Crippen MR) is 95.7 cm³/mol. The molecule has 128 valence electrons. The number of carbonyl (C=O) groups is 1. The highest BCUT2D eigenvalue weighted by Gasteiger charge is 2.37. The van der Waals surface area contributed by atoms with Crippen LogP contribution >= 0.6 is 11.3 Å². The van der Waals surface area contributed by atoms with Gasteiger partial charge in [0.25, 0.3) is 0 Å². The van der Waals surface area contributed by atoms with E-state index in [1.165, 1.54) is 35.4 Å². The number of carboxylic acid groups (broad SMARTS) is 1. The number of fused-ring (bicyclic) bond motifs is 1. The number of thiophene rings is 1. The zero-order chi connectivity index (χ0) is 16.6. The van der Waals surface area contributed by atoms with Crippen molar-refractivity contribution in [2.45, 2.75) is 64.7 Å². The van der Waals surface area contributed by atoms with E-state index in [1.807, 2.05) is 18.4 Å². The standard InChI is InChI=1S/C19H29NO2S/c1-19(2)9-8-15-14(10-19)16(18(21)22)17(23-15)13-7-5-4-6-12(13)11-20-3/h12-13,20H,4-11H2,1-3H3,(H,21,22)/t12-,13-/m0/s1. The van der Waals surface area contributed by atoms with Crippen LogP contribution < -0.4 is 5.32 Å². The quantitative estimate of drug-likeness (QED) is 0.854. The smallest absolute Gasteiger partial charge is 0.337 e. The first kappa shape index (κ1) is 17.0. The van der Waals surface area contributed by atoms with Gasteiger partial charge in [0.05, 0.1) is 5.56 Å². The molecule has 0 spiro atoms. The molecule has 0 aromatic carbocycles. The van der Waals surface area contributed by atoms with Gasteiger partial charge in [-0.2, -0.15) is 0 Å². The fourth-order valence-electron chi connectivity index (χ4n) is 4.50. The molecule has 1 saturated carbocycles. The Labute approximate surface area is 143 Å². The molecule has 1 aromatic heterocycles. The number of nitrogens with one attached hydrogen (secondary N) is 1. The number of hydrogen-bond donors (Lipinski definition) is 2. The fourth-order valence-corrected chi connectivity index (χ4v) is 6.04. The molecule has 2 N–H and O–H groups in total. The molecule has 4 heteroatoms. The average molecular weight is 336 g/mol. The van der Waals surface area contributed by atoms with Crippen LogP contribution in [0.3, 0.4) is 0 Å². The van der Waals surface area contributed by atoms with Crippen LogP contribution in [0.15, 0.2) is 0 Å². The molecule has 0 radical (unpaired) electrons. The molecule has 0 saturated heterocycles. The normalized spacial score (nSPS) is 26.7. The van der Waals surface area contributed by atoms with Gasteiger partial charge in [0, 0.05) is 9.75 Å². The van der Waals surface area contributed by atoms with Crippen LogP contribution in [0.25, 0.3) is 0 Å². The van der Waals surface area contributed by atoms with Gasteiger partial charge in [0.1, 0.15) is 0 Å². The molecular formula is C19H29NO2S. The Morgan fingerprint density at radius 1 is 1.35 bits per heavy atom. The van der Waals surface area contributed by atoms with E-state index in [-0.39, 0.29) is 5.41 Å². The molecule has 2 aliphatic carbocycles. The lowest BCUT2D eigenvalue weighted by molar-refractivity contribution is 0.0692. The third-order valence-electron chi connectivity index (χ3n) is 5.73. The van der Waals surface area contributed by atoms with Crippen molar-refractivity contribution in [2.24, 2.45) is 11.3 Å². The van der Waals surface area contributed by atoms with Crippen LogP contribution in [-0.4, -0.2) is 24.7 Å². The summed E-state index contributed by atoms with van der Waals surface area (Å²) < 4.78 is 0. The van der Waals surface area contributed by atoms with Crippen molar-refractivity contribution in [3.8, 4) is 0 Å². The number of rotatable bonds is 4. The number of aromatic carboxylic acids is 1. The van der Waals surface area contributed by atoms with Crippen molar-refractivity contribution in [1.29, 1.82) is 0 Å². The third kappa shape index (κ3) is 3.34. The monoisotopic (exact) mass is 335 g/mol. The highest BCUT2D eigenvalue weighted by atomic mass is 32.1. The van der Waals surface area contributed by atoms with E-state index in [1.54, 1.807) is 0 Å². The summed E-state index contributed by atoms with van der Waals surface area (Å²) in [4.78, 5) is 14.6. The van der Waals surface area contributed by atoms with E-state index >= 15 is 0 Å². The van der Waals surface area contributed by atoms with Crippen LogP contribution in [0.5, 0.6) is 0 Å². The fraction of sp³-hybridized carbons (Fsp3) is 0.737. The van der Waals surface area contributed by atoms with Gasteiger partial charge in [-0.15, -0.1) is 11.3 Å². The summed E-state index contributed by atoms with van der Waals surface area (Å²) in [6, 6.07) is 0. The molecule has 2 atom stereocenters. The molecule has 3 nitrogen and oxygen atoms in total. The summed E-state index contributed by atoms with van der Waals surface area (Å²) in [5, 5.41) is 13.2. The van der Waals surface area contributed by atoms with Crippen LogP contribution in [0.4, 0.5) is 0 Å². The maximum atomic E-state index is 12.1. The van der Waals surface area contributed by atoms with Gasteiger partial charge < -0.3 is 10.4 Å². The second-order valence-corrected chi connectivity index (χ2v) is 9.23. The van der Waals surface area contributed by atoms with Crippen molar-refractivity contribution < 1.29 is 9.90 Å². The molecule has 0 aliphatic heterocycles. The Hall–Kier alpha value is -0.870. The molecule has 0 amide bonds. The maximum Gasteiger partial charge on any atom is 0.337 e. The SMILES string of the molecule is CNC[C@@H]1CCCC[C@@H]1c1sc2c(c1C(=O)O)CC(C)(C)CC2. The van der Waals surface area contributed by atoms with Gasteiger partial charge in [0.15, 0.2) is 0 Å². The van der Waals surface area contributed by atoms with E-state index in [0.29, 0.717) is 17.4 Å². The summed E-state index contributed by atoms with van der Waals surface area (Å²) >= 11 is 1.82. The zero-order valence-corrected chi connectivity index (χ0v) is 15.4. The number of aryl methyl sites for hydroxylation is 1. The Bertz CT molecular complexity index is 588. The molecule has 1 heterocycles. The van der Waals surface area contributed by atoms with E-state index in [2.05, 4.69) is 19.2 Å². The summed E-state index contributed by atoms with van der Waals surface area (Å²) in [6.45, 7) is 5.53. The van der Waals surface area contributed by atoms with E-state index in [4.69, 9.17) is 0 Å². The molecule has 1 aromatic rings. The Morgan fingerprint density at radius 3 is 2.78 bits per heavy atom. The molecule has 23 heavy (non-hydrogen) atoms. The zero-order valence-electron chi connectivity index (χ0n) is 14.6. The maximum absolute atomic E-state index is 12.1. The average Bonchev–Trinajstić information content (AvgIpc) is 2.85.